The molecule has 3 aromatic heterocycles. The third kappa shape index (κ3) is 3.40. The van der Waals surface area contributed by atoms with Gasteiger partial charge < -0.3 is 0 Å². The van der Waals surface area contributed by atoms with Crippen molar-refractivity contribution >= 4 is 16.6 Å². The van der Waals surface area contributed by atoms with Crippen LogP contribution in [0.5, 0.6) is 0 Å². The molecule has 0 bridgehead atoms. The molecule has 1 aliphatic heterocycles. The standard InChI is InChI=1S/C21H22N6/c1-2-9-26(10-3-1)15-17-12-18-11-16(6-7-19(18)22-14-17)13-21-25-24-20-5-4-8-23-27(20)21/h4-8,11-12,14H,1-3,9-10,13,15H2. The lowest BCUT2D eigenvalue weighted by Crippen LogP contribution is -2.29. The number of pyridine rings is 1. The largest absolute Gasteiger partial charge is 0.299 e. The number of hydrogen-bond acceptors (Lipinski definition) is 5. The van der Waals surface area contributed by atoms with Gasteiger partial charge in [0.1, 0.15) is 0 Å². The van der Waals surface area contributed by atoms with Crippen molar-refractivity contribution in [3.8, 4) is 0 Å². The van der Waals surface area contributed by atoms with E-state index in [-0.39, 0.29) is 0 Å². The lowest BCUT2D eigenvalue weighted by Gasteiger charge is -2.26. The van der Waals surface area contributed by atoms with Crippen LogP contribution in [0.3, 0.4) is 0 Å². The average Bonchev–Trinajstić information content (AvgIpc) is 3.11. The van der Waals surface area contributed by atoms with E-state index in [1.165, 1.54) is 48.9 Å². The van der Waals surface area contributed by atoms with Gasteiger partial charge in [-0.1, -0.05) is 12.5 Å². The topological polar surface area (TPSA) is 59.2 Å². The molecule has 1 aromatic carbocycles. The number of benzene rings is 1. The minimum atomic E-state index is 0.699. The van der Waals surface area contributed by atoms with Gasteiger partial charge in [0.05, 0.1) is 5.52 Å². The van der Waals surface area contributed by atoms with Crippen molar-refractivity contribution in [3.63, 3.8) is 0 Å². The molecule has 0 saturated carbocycles. The Bertz CT molecular complexity index is 1080. The molecular formula is C21H22N6. The molecule has 0 unspecified atom stereocenters. The molecule has 1 saturated heterocycles. The number of fused-ring (bicyclic) bond motifs is 2. The van der Waals surface area contributed by atoms with Crippen molar-refractivity contribution in [1.29, 1.82) is 0 Å². The van der Waals surface area contributed by atoms with Crippen molar-refractivity contribution in [2.75, 3.05) is 13.1 Å². The Morgan fingerprint density at radius 2 is 1.81 bits per heavy atom. The summed E-state index contributed by atoms with van der Waals surface area (Å²) in [6.07, 6.45) is 8.47. The van der Waals surface area contributed by atoms with Crippen LogP contribution >= 0.6 is 0 Å². The van der Waals surface area contributed by atoms with Gasteiger partial charge in [0.15, 0.2) is 11.5 Å². The fourth-order valence-electron chi connectivity index (χ4n) is 3.88. The summed E-state index contributed by atoms with van der Waals surface area (Å²) in [5.74, 6) is 0.849. The van der Waals surface area contributed by atoms with Gasteiger partial charge in [-0.05, 0) is 67.4 Å². The molecule has 1 aliphatic rings. The van der Waals surface area contributed by atoms with Crippen molar-refractivity contribution in [2.45, 2.75) is 32.2 Å². The second-order valence-corrected chi connectivity index (χ2v) is 7.29. The zero-order valence-electron chi connectivity index (χ0n) is 15.3. The highest BCUT2D eigenvalue weighted by atomic mass is 15.4. The van der Waals surface area contributed by atoms with Gasteiger partial charge >= 0.3 is 0 Å². The number of likely N-dealkylation sites (tertiary alicyclic amines) is 1. The number of rotatable bonds is 4. The molecule has 136 valence electrons. The van der Waals surface area contributed by atoms with Crippen LogP contribution in [0.1, 0.15) is 36.2 Å². The Morgan fingerprint density at radius 1 is 0.926 bits per heavy atom. The second kappa shape index (κ2) is 7.04. The number of piperidine rings is 1. The summed E-state index contributed by atoms with van der Waals surface area (Å²) in [4.78, 5) is 7.19. The summed E-state index contributed by atoms with van der Waals surface area (Å²) < 4.78 is 1.80. The second-order valence-electron chi connectivity index (χ2n) is 7.29. The first-order valence-electron chi connectivity index (χ1n) is 9.60. The molecule has 0 amide bonds. The maximum absolute atomic E-state index is 4.66. The van der Waals surface area contributed by atoms with Gasteiger partial charge in [-0.2, -0.15) is 9.61 Å². The van der Waals surface area contributed by atoms with Crippen LogP contribution in [0.15, 0.2) is 48.8 Å². The summed E-state index contributed by atoms with van der Waals surface area (Å²) in [5.41, 5.74) is 4.29. The van der Waals surface area contributed by atoms with Gasteiger partial charge in [0.25, 0.3) is 0 Å². The minimum absolute atomic E-state index is 0.699. The molecule has 1 fully saturated rings. The zero-order chi connectivity index (χ0) is 18.1. The fourth-order valence-corrected chi connectivity index (χ4v) is 3.88. The van der Waals surface area contributed by atoms with E-state index in [1.807, 2.05) is 18.3 Å². The SMILES string of the molecule is c1cnn2c(Cc3ccc4ncc(CN5CCCCC5)cc4c3)nnc2c1. The quantitative estimate of drug-likeness (QED) is 0.560. The van der Waals surface area contributed by atoms with Gasteiger partial charge in [0.2, 0.25) is 0 Å². The van der Waals surface area contributed by atoms with E-state index in [0.717, 1.165) is 23.5 Å². The summed E-state index contributed by atoms with van der Waals surface area (Å²) in [7, 11) is 0. The highest BCUT2D eigenvalue weighted by Crippen LogP contribution is 2.20. The first kappa shape index (κ1) is 16.3. The van der Waals surface area contributed by atoms with E-state index >= 15 is 0 Å². The van der Waals surface area contributed by atoms with E-state index < -0.39 is 0 Å². The summed E-state index contributed by atoms with van der Waals surface area (Å²) >= 11 is 0. The van der Waals surface area contributed by atoms with E-state index in [2.05, 4.69) is 49.4 Å². The third-order valence-corrected chi connectivity index (χ3v) is 5.26. The number of nitrogens with zero attached hydrogens (tertiary/aromatic N) is 6. The third-order valence-electron chi connectivity index (χ3n) is 5.26. The first-order chi connectivity index (χ1) is 13.3. The zero-order valence-corrected chi connectivity index (χ0v) is 15.3. The van der Waals surface area contributed by atoms with E-state index in [0.29, 0.717) is 6.42 Å². The monoisotopic (exact) mass is 358 g/mol. The maximum Gasteiger partial charge on any atom is 0.177 e. The molecular weight excluding hydrogens is 336 g/mol. The molecule has 4 aromatic rings. The molecule has 27 heavy (non-hydrogen) atoms. The Labute approximate surface area is 157 Å². The summed E-state index contributed by atoms with van der Waals surface area (Å²) in [5, 5.41) is 14.0. The fraction of sp³-hybridized carbons (Fsp3) is 0.333. The van der Waals surface area contributed by atoms with Crippen LogP contribution in [0, 0.1) is 0 Å². The Morgan fingerprint density at radius 3 is 2.74 bits per heavy atom. The van der Waals surface area contributed by atoms with Gasteiger partial charge in [0, 0.05) is 30.7 Å². The Balaban J connectivity index is 1.41. The molecule has 5 rings (SSSR count). The predicted molar refractivity (Wildman–Crippen MR) is 104 cm³/mol. The van der Waals surface area contributed by atoms with Crippen LogP contribution in [0.2, 0.25) is 0 Å². The minimum Gasteiger partial charge on any atom is -0.299 e. The Kier molecular flexibility index (Phi) is 4.26. The van der Waals surface area contributed by atoms with Crippen LogP contribution in [-0.2, 0) is 13.0 Å². The molecule has 0 radical (unpaired) electrons. The normalized spacial score (nSPS) is 15.6. The average molecular weight is 358 g/mol. The molecule has 0 spiro atoms. The van der Waals surface area contributed by atoms with Crippen LogP contribution < -0.4 is 0 Å². The van der Waals surface area contributed by atoms with E-state index in [9.17, 15) is 0 Å². The van der Waals surface area contributed by atoms with Crippen molar-refractivity contribution in [2.24, 2.45) is 0 Å². The maximum atomic E-state index is 4.66. The number of aromatic nitrogens is 5. The highest BCUT2D eigenvalue weighted by Gasteiger charge is 2.12. The van der Waals surface area contributed by atoms with E-state index in [1.54, 1.807) is 10.7 Å². The Hall–Kier alpha value is -2.86. The lowest BCUT2D eigenvalue weighted by atomic mass is 10.1. The summed E-state index contributed by atoms with van der Waals surface area (Å²) in [6.45, 7) is 3.39. The molecule has 6 heteroatoms. The molecule has 4 heterocycles. The van der Waals surface area contributed by atoms with Crippen LogP contribution in [0.25, 0.3) is 16.6 Å². The van der Waals surface area contributed by atoms with Gasteiger partial charge in [-0.3, -0.25) is 9.88 Å². The predicted octanol–water partition coefficient (Wildman–Crippen LogP) is 3.25. The first-order valence-corrected chi connectivity index (χ1v) is 9.60. The lowest BCUT2D eigenvalue weighted by molar-refractivity contribution is 0.221. The van der Waals surface area contributed by atoms with Crippen molar-refractivity contribution in [3.05, 3.63) is 65.7 Å². The van der Waals surface area contributed by atoms with Crippen molar-refractivity contribution in [1.82, 2.24) is 29.7 Å². The van der Waals surface area contributed by atoms with Crippen LogP contribution in [-0.4, -0.2) is 42.8 Å². The molecule has 0 aliphatic carbocycles. The molecule has 0 atom stereocenters. The summed E-state index contributed by atoms with van der Waals surface area (Å²) in [6, 6.07) is 12.5. The van der Waals surface area contributed by atoms with Gasteiger partial charge in [-0.15, -0.1) is 10.2 Å². The van der Waals surface area contributed by atoms with E-state index in [4.69, 9.17) is 0 Å². The van der Waals surface area contributed by atoms with Gasteiger partial charge in [-0.25, -0.2) is 0 Å². The van der Waals surface area contributed by atoms with Crippen LogP contribution in [0.4, 0.5) is 0 Å². The molecule has 6 nitrogen and oxygen atoms in total. The number of hydrogen-bond donors (Lipinski definition) is 0. The smallest absolute Gasteiger partial charge is 0.177 e. The highest BCUT2D eigenvalue weighted by molar-refractivity contribution is 5.79. The van der Waals surface area contributed by atoms with Crippen molar-refractivity contribution < 1.29 is 0 Å². The molecule has 0 N–H and O–H groups in total.